The third-order valence-corrected chi connectivity index (χ3v) is 6.21. The van der Waals surface area contributed by atoms with Crippen LogP contribution < -0.4 is 5.32 Å². The second-order valence-electron chi connectivity index (χ2n) is 7.39. The van der Waals surface area contributed by atoms with Crippen LogP contribution in [0.4, 0.5) is 11.4 Å². The maximum Gasteiger partial charge on any atom is 0.242 e. The van der Waals surface area contributed by atoms with Crippen molar-refractivity contribution in [2.75, 3.05) is 25.6 Å². The average molecular weight is 460 g/mol. The zero-order chi connectivity index (χ0) is 22.4. The molecule has 1 heterocycles. The Labute approximate surface area is 192 Å². The maximum absolute atomic E-state index is 13.1. The lowest BCUT2D eigenvalue weighted by Gasteiger charge is -2.16. The molecule has 1 atom stereocenters. The molecule has 1 saturated heterocycles. The number of rotatable bonds is 8. The lowest BCUT2D eigenvalue weighted by molar-refractivity contribution is -0.128. The highest BCUT2D eigenvalue weighted by Gasteiger charge is 2.39. The Bertz CT molecular complexity index is 996. The molecule has 8 heteroatoms. The smallest absolute Gasteiger partial charge is 0.242 e. The summed E-state index contributed by atoms with van der Waals surface area (Å²) >= 11 is 7.31. The minimum atomic E-state index is -0.522. The number of ether oxygens (including phenoxy) is 1. The predicted molar refractivity (Wildman–Crippen MR) is 127 cm³/mol. The highest BCUT2D eigenvalue weighted by molar-refractivity contribution is 8.15. The van der Waals surface area contributed by atoms with Gasteiger partial charge in [0.25, 0.3) is 0 Å². The molecule has 2 aromatic rings. The molecule has 0 aliphatic carbocycles. The summed E-state index contributed by atoms with van der Waals surface area (Å²) in [5.74, 6) is -0.344. The Kier molecular flexibility index (Phi) is 8.12. The van der Waals surface area contributed by atoms with E-state index in [0.717, 1.165) is 16.8 Å². The Morgan fingerprint density at radius 3 is 2.77 bits per heavy atom. The van der Waals surface area contributed by atoms with Crippen molar-refractivity contribution in [2.45, 2.75) is 31.9 Å². The van der Waals surface area contributed by atoms with Crippen LogP contribution in [0.25, 0.3) is 0 Å². The lowest BCUT2D eigenvalue weighted by atomic mass is 10.1. The van der Waals surface area contributed by atoms with Gasteiger partial charge in [0.15, 0.2) is 5.17 Å². The van der Waals surface area contributed by atoms with Gasteiger partial charge in [0, 0.05) is 37.4 Å². The number of nitrogens with zero attached hydrogens (tertiary/aromatic N) is 2. The van der Waals surface area contributed by atoms with E-state index in [4.69, 9.17) is 21.3 Å². The van der Waals surface area contributed by atoms with Crippen LogP contribution in [-0.2, 0) is 14.3 Å². The first-order chi connectivity index (χ1) is 14.9. The molecule has 2 aromatic carbocycles. The molecule has 0 aromatic heterocycles. The summed E-state index contributed by atoms with van der Waals surface area (Å²) in [4.78, 5) is 32.0. The maximum atomic E-state index is 13.1. The van der Waals surface area contributed by atoms with Crippen molar-refractivity contribution in [2.24, 2.45) is 4.99 Å². The summed E-state index contributed by atoms with van der Waals surface area (Å²) in [6.07, 6.45) is 0.749. The topological polar surface area (TPSA) is 71.0 Å². The van der Waals surface area contributed by atoms with Crippen LogP contribution in [0.15, 0.2) is 47.5 Å². The number of aryl methyl sites for hydroxylation is 2. The molecule has 0 spiro atoms. The SMILES string of the molecule is COCCCN1C(=O)C(CC(=O)Nc2cccc(Cl)c2)SC1=Nc1ccc(C)cc1C. The summed E-state index contributed by atoms with van der Waals surface area (Å²) in [6, 6.07) is 13.0. The van der Waals surface area contributed by atoms with Crippen molar-refractivity contribution in [3.8, 4) is 0 Å². The number of amidine groups is 1. The van der Waals surface area contributed by atoms with E-state index in [1.807, 2.05) is 26.0 Å². The highest BCUT2D eigenvalue weighted by atomic mass is 35.5. The van der Waals surface area contributed by atoms with Gasteiger partial charge >= 0.3 is 0 Å². The van der Waals surface area contributed by atoms with Crippen molar-refractivity contribution in [3.05, 3.63) is 58.6 Å². The van der Waals surface area contributed by atoms with Crippen molar-refractivity contribution >= 4 is 51.7 Å². The molecule has 1 fully saturated rings. The second kappa shape index (κ2) is 10.8. The molecule has 2 amide bonds. The van der Waals surface area contributed by atoms with Crippen LogP contribution in [0.3, 0.4) is 0 Å². The molecule has 0 radical (unpaired) electrons. The molecule has 0 bridgehead atoms. The summed E-state index contributed by atoms with van der Waals surface area (Å²) in [5, 5.41) is 3.45. The fourth-order valence-corrected chi connectivity index (χ4v) is 4.65. The van der Waals surface area contributed by atoms with Gasteiger partial charge in [-0.2, -0.15) is 0 Å². The van der Waals surface area contributed by atoms with Gasteiger partial charge in [0.05, 0.1) is 5.69 Å². The van der Waals surface area contributed by atoms with Gasteiger partial charge in [0.1, 0.15) is 5.25 Å². The number of anilines is 1. The van der Waals surface area contributed by atoms with Crippen molar-refractivity contribution in [1.29, 1.82) is 0 Å². The minimum absolute atomic E-state index is 0.0582. The zero-order valence-electron chi connectivity index (χ0n) is 17.9. The van der Waals surface area contributed by atoms with Crippen LogP contribution in [0.5, 0.6) is 0 Å². The van der Waals surface area contributed by atoms with E-state index in [2.05, 4.69) is 11.4 Å². The fraction of sp³-hybridized carbons (Fsp3) is 0.348. The third kappa shape index (κ3) is 6.32. The van der Waals surface area contributed by atoms with Gasteiger partial charge in [-0.15, -0.1) is 0 Å². The quantitative estimate of drug-likeness (QED) is 0.567. The van der Waals surface area contributed by atoms with E-state index in [-0.39, 0.29) is 18.2 Å². The first-order valence-corrected chi connectivity index (χ1v) is 11.3. The number of hydrogen-bond acceptors (Lipinski definition) is 5. The monoisotopic (exact) mass is 459 g/mol. The Hall–Kier alpha value is -2.35. The first-order valence-electron chi connectivity index (χ1n) is 10.1. The summed E-state index contributed by atoms with van der Waals surface area (Å²) < 4.78 is 5.13. The molecular weight excluding hydrogens is 434 g/mol. The van der Waals surface area contributed by atoms with Gasteiger partial charge in [-0.05, 0) is 50.1 Å². The number of hydrogen-bond donors (Lipinski definition) is 1. The van der Waals surface area contributed by atoms with Gasteiger partial charge < -0.3 is 10.1 Å². The first kappa shape index (κ1) is 23.3. The predicted octanol–water partition coefficient (Wildman–Crippen LogP) is 4.95. The Balaban J connectivity index is 1.76. The second-order valence-corrected chi connectivity index (χ2v) is 9.00. The van der Waals surface area contributed by atoms with E-state index >= 15 is 0 Å². The number of benzene rings is 2. The number of methoxy groups -OCH3 is 1. The molecule has 1 aliphatic rings. The minimum Gasteiger partial charge on any atom is -0.385 e. The summed E-state index contributed by atoms with van der Waals surface area (Å²) in [6.45, 7) is 5.07. The molecule has 1 N–H and O–H groups in total. The molecule has 6 nitrogen and oxygen atoms in total. The van der Waals surface area contributed by atoms with E-state index in [1.165, 1.54) is 11.8 Å². The molecule has 31 heavy (non-hydrogen) atoms. The van der Waals surface area contributed by atoms with E-state index in [1.54, 1.807) is 36.3 Å². The Morgan fingerprint density at radius 2 is 2.06 bits per heavy atom. The molecule has 164 valence electrons. The van der Waals surface area contributed by atoms with E-state index in [9.17, 15) is 9.59 Å². The van der Waals surface area contributed by atoms with Gasteiger partial charge in [-0.3, -0.25) is 14.5 Å². The normalized spacial score (nSPS) is 17.4. The zero-order valence-corrected chi connectivity index (χ0v) is 19.4. The van der Waals surface area contributed by atoms with Crippen molar-refractivity contribution in [3.63, 3.8) is 0 Å². The molecule has 1 aliphatic heterocycles. The Morgan fingerprint density at radius 1 is 1.26 bits per heavy atom. The van der Waals surface area contributed by atoms with Crippen LogP contribution in [0, 0.1) is 13.8 Å². The standard InChI is InChI=1S/C23H26ClN3O3S/c1-15-8-9-19(16(2)12-15)26-23-27(10-5-11-30-3)22(29)20(31-23)14-21(28)25-18-7-4-6-17(24)13-18/h4,6-9,12-13,20H,5,10-11,14H2,1-3H3,(H,25,28). The summed E-state index contributed by atoms with van der Waals surface area (Å²) in [7, 11) is 1.63. The molecule has 1 unspecified atom stereocenters. The van der Waals surface area contributed by atoms with Crippen molar-refractivity contribution in [1.82, 2.24) is 4.90 Å². The van der Waals surface area contributed by atoms with Crippen LogP contribution in [-0.4, -0.2) is 47.4 Å². The van der Waals surface area contributed by atoms with Crippen LogP contribution in [0.1, 0.15) is 24.0 Å². The number of thioether (sulfide) groups is 1. The molecule has 3 rings (SSSR count). The molecule has 0 saturated carbocycles. The van der Waals surface area contributed by atoms with Gasteiger partial charge in [0.2, 0.25) is 11.8 Å². The van der Waals surface area contributed by atoms with Gasteiger partial charge in [-0.25, -0.2) is 4.99 Å². The van der Waals surface area contributed by atoms with Crippen LogP contribution >= 0.6 is 23.4 Å². The lowest BCUT2D eigenvalue weighted by Crippen LogP contribution is -2.34. The number of carbonyl (C=O) groups excluding carboxylic acids is 2. The number of amides is 2. The van der Waals surface area contributed by atoms with Gasteiger partial charge in [-0.1, -0.05) is 47.1 Å². The number of nitrogens with one attached hydrogen (secondary N) is 1. The summed E-state index contributed by atoms with van der Waals surface area (Å²) in [5.41, 5.74) is 3.62. The third-order valence-electron chi connectivity index (χ3n) is 4.80. The van der Waals surface area contributed by atoms with Crippen LogP contribution in [0.2, 0.25) is 5.02 Å². The average Bonchev–Trinajstić information content (AvgIpc) is 2.99. The highest BCUT2D eigenvalue weighted by Crippen LogP contribution is 2.33. The fourth-order valence-electron chi connectivity index (χ4n) is 3.28. The number of halogens is 1. The molecular formula is C23H26ClN3O3S. The number of carbonyl (C=O) groups is 2. The van der Waals surface area contributed by atoms with E-state index < -0.39 is 5.25 Å². The van der Waals surface area contributed by atoms with E-state index in [0.29, 0.717) is 35.5 Å². The van der Waals surface area contributed by atoms with Crippen molar-refractivity contribution < 1.29 is 14.3 Å². The largest absolute Gasteiger partial charge is 0.385 e. The number of aliphatic imine (C=N–C) groups is 1.